The number of benzene rings is 3. The van der Waals surface area contributed by atoms with Crippen LogP contribution in [-0.2, 0) is 29.0 Å². The van der Waals surface area contributed by atoms with Gasteiger partial charge in [0.1, 0.15) is 17.6 Å². The highest BCUT2D eigenvalue weighted by Gasteiger charge is 2.30. The molecular formula is C29H33FN2O3. The zero-order valence-corrected chi connectivity index (χ0v) is 20.4. The average molecular weight is 477 g/mol. The lowest BCUT2D eigenvalue weighted by Gasteiger charge is -2.32. The summed E-state index contributed by atoms with van der Waals surface area (Å²) >= 11 is 0. The van der Waals surface area contributed by atoms with Gasteiger partial charge in [0.25, 0.3) is 0 Å². The third kappa shape index (κ3) is 7.67. The molecule has 1 N–H and O–H groups in total. The lowest BCUT2D eigenvalue weighted by molar-refractivity contribution is -0.140. The summed E-state index contributed by atoms with van der Waals surface area (Å²) in [4.78, 5) is 28.5. The van der Waals surface area contributed by atoms with Crippen LogP contribution in [0.4, 0.5) is 4.39 Å². The molecule has 0 saturated heterocycles. The van der Waals surface area contributed by atoms with Gasteiger partial charge < -0.3 is 15.0 Å². The standard InChI is InChI=1S/C29H33FN2O3/c1-3-4-18-31-29(34)27(19-22-10-6-5-7-11-22)32(21-24-12-8-9-13-26(24)30)28(33)20-23-14-16-25(35-2)17-15-23/h5-17,27H,3-4,18-21H2,1-2H3,(H,31,34)/t27-/m0/s1. The van der Waals surface area contributed by atoms with Crippen LogP contribution >= 0.6 is 0 Å². The maximum absolute atomic E-state index is 14.6. The normalized spacial score (nSPS) is 11.5. The molecule has 3 aromatic carbocycles. The Bertz CT molecular complexity index is 1090. The Morgan fingerprint density at radius 1 is 0.943 bits per heavy atom. The Hall–Kier alpha value is -3.67. The fourth-order valence-electron chi connectivity index (χ4n) is 3.89. The molecule has 0 aliphatic heterocycles. The second-order valence-electron chi connectivity index (χ2n) is 8.49. The van der Waals surface area contributed by atoms with Crippen molar-refractivity contribution in [3.05, 3.63) is 101 Å². The molecule has 0 aliphatic rings. The van der Waals surface area contributed by atoms with Crippen LogP contribution in [0.3, 0.4) is 0 Å². The van der Waals surface area contributed by atoms with Crippen LogP contribution in [0.15, 0.2) is 78.9 Å². The third-order valence-corrected chi connectivity index (χ3v) is 5.91. The first-order valence-corrected chi connectivity index (χ1v) is 12.0. The minimum absolute atomic E-state index is 0.000357. The van der Waals surface area contributed by atoms with Crippen LogP contribution in [-0.4, -0.2) is 36.4 Å². The smallest absolute Gasteiger partial charge is 0.243 e. The predicted molar refractivity (Wildman–Crippen MR) is 135 cm³/mol. The van der Waals surface area contributed by atoms with Gasteiger partial charge in [-0.1, -0.05) is 74.0 Å². The maximum Gasteiger partial charge on any atom is 0.243 e. The molecule has 5 nitrogen and oxygen atoms in total. The zero-order valence-electron chi connectivity index (χ0n) is 20.4. The topological polar surface area (TPSA) is 58.6 Å². The third-order valence-electron chi connectivity index (χ3n) is 5.91. The summed E-state index contributed by atoms with van der Waals surface area (Å²) in [6.45, 7) is 2.58. The maximum atomic E-state index is 14.6. The number of unbranched alkanes of at least 4 members (excludes halogenated alkanes) is 1. The second kappa shape index (κ2) is 13.3. The number of hydrogen-bond acceptors (Lipinski definition) is 3. The SMILES string of the molecule is CCCCNC(=O)[C@H](Cc1ccccc1)N(Cc1ccccc1F)C(=O)Cc1ccc(OC)cc1. The molecule has 0 spiro atoms. The van der Waals surface area contributed by atoms with E-state index in [2.05, 4.69) is 12.2 Å². The summed E-state index contributed by atoms with van der Waals surface area (Å²) in [5, 5.41) is 2.98. The summed E-state index contributed by atoms with van der Waals surface area (Å²) in [6, 6.07) is 22.4. The summed E-state index contributed by atoms with van der Waals surface area (Å²) in [5.74, 6) is -0.187. The fraction of sp³-hybridized carbons (Fsp3) is 0.310. The molecule has 0 aromatic heterocycles. The van der Waals surface area contributed by atoms with E-state index in [0.717, 1.165) is 24.0 Å². The summed E-state index contributed by atoms with van der Waals surface area (Å²) in [7, 11) is 1.58. The molecule has 0 bridgehead atoms. The molecule has 0 saturated carbocycles. The molecule has 1 atom stereocenters. The first kappa shape index (κ1) is 25.9. The van der Waals surface area contributed by atoms with Crippen LogP contribution in [0.1, 0.15) is 36.5 Å². The average Bonchev–Trinajstić information content (AvgIpc) is 2.88. The number of nitrogens with one attached hydrogen (secondary N) is 1. The van der Waals surface area contributed by atoms with Crippen molar-refractivity contribution < 1.29 is 18.7 Å². The number of carbonyl (C=O) groups is 2. The van der Waals surface area contributed by atoms with Gasteiger partial charge in [-0.05, 0) is 35.7 Å². The monoisotopic (exact) mass is 476 g/mol. The highest BCUT2D eigenvalue weighted by molar-refractivity contribution is 5.88. The van der Waals surface area contributed by atoms with Gasteiger partial charge in [-0.25, -0.2) is 4.39 Å². The van der Waals surface area contributed by atoms with E-state index in [1.807, 2.05) is 42.5 Å². The number of nitrogens with zero attached hydrogens (tertiary/aromatic N) is 1. The van der Waals surface area contributed by atoms with Gasteiger partial charge in [-0.2, -0.15) is 0 Å². The first-order valence-electron chi connectivity index (χ1n) is 12.0. The van der Waals surface area contributed by atoms with Crippen LogP contribution in [0.2, 0.25) is 0 Å². The van der Waals surface area contributed by atoms with Crippen LogP contribution in [0, 0.1) is 5.82 Å². The van der Waals surface area contributed by atoms with E-state index in [0.29, 0.717) is 24.3 Å². The number of rotatable bonds is 12. The predicted octanol–water partition coefficient (Wildman–Crippen LogP) is 4.93. The van der Waals surface area contributed by atoms with E-state index >= 15 is 0 Å². The number of methoxy groups -OCH3 is 1. The van der Waals surface area contributed by atoms with Crippen molar-refractivity contribution in [3.63, 3.8) is 0 Å². The van der Waals surface area contributed by atoms with Crippen molar-refractivity contribution in [1.82, 2.24) is 10.2 Å². The van der Waals surface area contributed by atoms with Gasteiger partial charge in [0.15, 0.2) is 0 Å². The first-order chi connectivity index (χ1) is 17.0. The molecule has 184 valence electrons. The van der Waals surface area contributed by atoms with Crippen LogP contribution in [0.25, 0.3) is 0 Å². The van der Waals surface area contributed by atoms with E-state index in [1.165, 1.54) is 11.0 Å². The van der Waals surface area contributed by atoms with E-state index < -0.39 is 11.9 Å². The van der Waals surface area contributed by atoms with E-state index in [9.17, 15) is 14.0 Å². The molecule has 2 amide bonds. The number of ether oxygens (including phenoxy) is 1. The molecule has 0 aliphatic carbocycles. The van der Waals surface area contributed by atoms with Gasteiger partial charge in [0.05, 0.1) is 13.5 Å². The largest absolute Gasteiger partial charge is 0.497 e. The highest BCUT2D eigenvalue weighted by Crippen LogP contribution is 2.19. The number of halogens is 1. The van der Waals surface area contributed by atoms with Crippen molar-refractivity contribution in [2.45, 2.75) is 45.2 Å². The molecule has 3 rings (SSSR count). The second-order valence-corrected chi connectivity index (χ2v) is 8.49. The van der Waals surface area contributed by atoms with Crippen molar-refractivity contribution in [2.24, 2.45) is 0 Å². The van der Waals surface area contributed by atoms with E-state index in [4.69, 9.17) is 4.74 Å². The van der Waals surface area contributed by atoms with Gasteiger partial charge in [-0.15, -0.1) is 0 Å². The van der Waals surface area contributed by atoms with Crippen molar-refractivity contribution in [1.29, 1.82) is 0 Å². The Morgan fingerprint density at radius 2 is 1.63 bits per heavy atom. The van der Waals surface area contributed by atoms with Gasteiger partial charge in [0.2, 0.25) is 11.8 Å². The van der Waals surface area contributed by atoms with E-state index in [-0.39, 0.29) is 24.8 Å². The number of amides is 2. The van der Waals surface area contributed by atoms with Gasteiger partial charge in [0, 0.05) is 25.1 Å². The number of hydrogen-bond donors (Lipinski definition) is 1. The molecule has 0 fully saturated rings. The Labute approximate surface area is 206 Å². The van der Waals surface area contributed by atoms with Gasteiger partial charge in [-0.3, -0.25) is 9.59 Å². The Balaban J connectivity index is 1.93. The fourth-order valence-corrected chi connectivity index (χ4v) is 3.89. The lowest BCUT2D eigenvalue weighted by atomic mass is 10.0. The molecule has 0 radical (unpaired) electrons. The Morgan fingerprint density at radius 3 is 2.29 bits per heavy atom. The molecule has 0 unspecified atom stereocenters. The van der Waals surface area contributed by atoms with E-state index in [1.54, 1.807) is 37.4 Å². The summed E-state index contributed by atoms with van der Waals surface area (Å²) < 4.78 is 19.8. The summed E-state index contributed by atoms with van der Waals surface area (Å²) in [6.07, 6.45) is 2.21. The van der Waals surface area contributed by atoms with Crippen molar-refractivity contribution in [2.75, 3.05) is 13.7 Å². The highest BCUT2D eigenvalue weighted by atomic mass is 19.1. The minimum Gasteiger partial charge on any atom is -0.497 e. The quantitative estimate of drug-likeness (QED) is 0.377. The summed E-state index contributed by atoms with van der Waals surface area (Å²) in [5.41, 5.74) is 2.09. The molecule has 0 heterocycles. The molecule has 3 aromatic rings. The van der Waals surface area contributed by atoms with Crippen molar-refractivity contribution in [3.8, 4) is 5.75 Å². The van der Waals surface area contributed by atoms with Crippen molar-refractivity contribution >= 4 is 11.8 Å². The Kier molecular flexibility index (Phi) is 9.84. The minimum atomic E-state index is -0.778. The lowest BCUT2D eigenvalue weighted by Crippen LogP contribution is -2.51. The van der Waals surface area contributed by atoms with Crippen LogP contribution < -0.4 is 10.1 Å². The number of carbonyl (C=O) groups excluding carboxylic acids is 2. The molecule has 6 heteroatoms. The van der Waals surface area contributed by atoms with Crippen LogP contribution in [0.5, 0.6) is 5.75 Å². The zero-order chi connectivity index (χ0) is 25.0. The van der Waals surface area contributed by atoms with Gasteiger partial charge >= 0.3 is 0 Å². The molecule has 35 heavy (non-hydrogen) atoms. The molecular weight excluding hydrogens is 443 g/mol.